The number of ether oxygens (including phenoxy) is 4. The first kappa shape index (κ1) is 21.7. The van der Waals surface area contributed by atoms with E-state index in [0.717, 1.165) is 49.5 Å². The zero-order valence-electron chi connectivity index (χ0n) is 17.6. The third-order valence-electron chi connectivity index (χ3n) is 5.49. The van der Waals surface area contributed by atoms with Crippen LogP contribution in [0.3, 0.4) is 0 Å². The number of fused-ring (bicyclic) bond motifs is 1. The molecule has 2 heterocycles. The Morgan fingerprint density at radius 3 is 2.84 bits per heavy atom. The number of benzene rings is 2. The van der Waals surface area contributed by atoms with Crippen molar-refractivity contribution in [1.29, 1.82) is 0 Å². The molecule has 1 amide bonds. The van der Waals surface area contributed by atoms with Gasteiger partial charge in [-0.05, 0) is 37.1 Å². The molecule has 0 aliphatic carbocycles. The van der Waals surface area contributed by atoms with Crippen LogP contribution in [0.5, 0.6) is 17.2 Å². The molecule has 2 aliphatic rings. The molecule has 0 bridgehead atoms. The molecule has 2 aromatic rings. The quantitative estimate of drug-likeness (QED) is 0.626. The van der Waals surface area contributed by atoms with Gasteiger partial charge in [-0.2, -0.15) is 0 Å². The highest BCUT2D eigenvalue weighted by atomic mass is 35.5. The number of rotatable bonds is 8. The van der Waals surface area contributed by atoms with Crippen molar-refractivity contribution in [2.24, 2.45) is 0 Å². The number of piperidine rings is 1. The number of hydrogen-bond donors (Lipinski definition) is 1. The van der Waals surface area contributed by atoms with Gasteiger partial charge in [0, 0.05) is 44.4 Å². The summed E-state index contributed by atoms with van der Waals surface area (Å²) < 4.78 is 22.2. The van der Waals surface area contributed by atoms with Gasteiger partial charge >= 0.3 is 0 Å². The molecule has 8 heteroatoms. The second-order valence-electron chi connectivity index (χ2n) is 7.64. The van der Waals surface area contributed by atoms with Crippen LogP contribution >= 0.6 is 11.6 Å². The highest BCUT2D eigenvalue weighted by Gasteiger charge is 2.24. The van der Waals surface area contributed by atoms with Gasteiger partial charge in [-0.25, -0.2) is 0 Å². The largest absolute Gasteiger partial charge is 0.489 e. The number of carbonyl (C=O) groups is 1. The standard InChI is InChI=1S/C23H27ClN2O5/c1-28-12-9-25-23(27)16-5-6-20(19(24)13-16)31-18-7-10-26(11-8-18)14-17-3-2-4-21-22(17)30-15-29-21/h2-6,13,18H,7-12,14-15H2,1H3,(H,25,27). The van der Waals surface area contributed by atoms with Gasteiger partial charge in [0.05, 0.1) is 11.6 Å². The Labute approximate surface area is 187 Å². The maximum atomic E-state index is 12.1. The van der Waals surface area contributed by atoms with Gasteiger partial charge in [-0.15, -0.1) is 0 Å². The van der Waals surface area contributed by atoms with Gasteiger partial charge in [0.25, 0.3) is 5.91 Å². The number of likely N-dealkylation sites (tertiary alicyclic amines) is 1. The minimum atomic E-state index is -0.180. The van der Waals surface area contributed by atoms with Crippen LogP contribution in [0.4, 0.5) is 0 Å². The minimum absolute atomic E-state index is 0.0937. The molecule has 0 atom stereocenters. The van der Waals surface area contributed by atoms with Gasteiger partial charge in [0.2, 0.25) is 6.79 Å². The summed E-state index contributed by atoms with van der Waals surface area (Å²) in [6.07, 6.45) is 1.90. The number of hydrogen-bond acceptors (Lipinski definition) is 6. The van der Waals surface area contributed by atoms with Crippen LogP contribution in [0.2, 0.25) is 5.02 Å². The maximum absolute atomic E-state index is 12.1. The van der Waals surface area contributed by atoms with Gasteiger partial charge in [-0.3, -0.25) is 9.69 Å². The lowest BCUT2D eigenvalue weighted by Crippen LogP contribution is -2.37. The minimum Gasteiger partial charge on any atom is -0.489 e. The van der Waals surface area contributed by atoms with E-state index in [1.165, 1.54) is 0 Å². The molecule has 0 radical (unpaired) electrons. The molecule has 0 spiro atoms. The average molecular weight is 447 g/mol. The molecule has 4 rings (SSSR count). The predicted octanol–water partition coefficient (Wildman–Crippen LogP) is 3.49. The van der Waals surface area contributed by atoms with Crippen LogP contribution in [0.15, 0.2) is 36.4 Å². The normalized spacial score (nSPS) is 16.3. The van der Waals surface area contributed by atoms with Crippen molar-refractivity contribution in [2.45, 2.75) is 25.5 Å². The van der Waals surface area contributed by atoms with E-state index in [1.807, 2.05) is 12.1 Å². The van der Waals surface area contributed by atoms with Gasteiger partial charge < -0.3 is 24.3 Å². The second-order valence-corrected chi connectivity index (χ2v) is 8.05. The first-order chi connectivity index (χ1) is 15.1. The summed E-state index contributed by atoms with van der Waals surface area (Å²) in [6, 6.07) is 11.2. The summed E-state index contributed by atoms with van der Waals surface area (Å²) in [5, 5.41) is 3.23. The molecule has 0 unspecified atom stereocenters. The van der Waals surface area contributed by atoms with Gasteiger partial charge in [0.15, 0.2) is 11.5 Å². The molecule has 0 aromatic heterocycles. The fraction of sp³-hybridized carbons (Fsp3) is 0.435. The summed E-state index contributed by atoms with van der Waals surface area (Å²) in [6.45, 7) is 3.88. The number of halogens is 1. The Hall–Kier alpha value is -2.48. The van der Waals surface area contributed by atoms with Crippen LogP contribution in [0.1, 0.15) is 28.8 Å². The van der Waals surface area contributed by atoms with E-state index in [4.69, 9.17) is 30.5 Å². The first-order valence-electron chi connectivity index (χ1n) is 10.5. The van der Waals surface area contributed by atoms with Crippen molar-refractivity contribution in [2.75, 3.05) is 40.1 Å². The smallest absolute Gasteiger partial charge is 0.251 e. The Balaban J connectivity index is 1.28. The summed E-state index contributed by atoms with van der Waals surface area (Å²) in [4.78, 5) is 14.5. The van der Waals surface area contributed by atoms with Crippen LogP contribution in [-0.2, 0) is 11.3 Å². The maximum Gasteiger partial charge on any atom is 0.251 e. The lowest BCUT2D eigenvalue weighted by molar-refractivity contribution is 0.0935. The third kappa shape index (κ3) is 5.42. The number of carbonyl (C=O) groups excluding carboxylic acids is 1. The number of methoxy groups -OCH3 is 1. The van der Waals surface area contributed by atoms with Crippen molar-refractivity contribution in [3.05, 3.63) is 52.5 Å². The lowest BCUT2D eigenvalue weighted by atomic mass is 10.1. The second kappa shape index (κ2) is 10.2. The van der Waals surface area contributed by atoms with Crippen LogP contribution < -0.4 is 19.5 Å². The molecule has 1 saturated heterocycles. The van der Waals surface area contributed by atoms with Gasteiger partial charge in [0.1, 0.15) is 11.9 Å². The Bertz CT molecular complexity index is 915. The highest BCUT2D eigenvalue weighted by Crippen LogP contribution is 2.36. The van der Waals surface area contributed by atoms with Crippen LogP contribution in [-0.4, -0.2) is 57.1 Å². The molecular formula is C23H27ClN2O5. The molecule has 31 heavy (non-hydrogen) atoms. The molecule has 2 aliphatic heterocycles. The molecule has 2 aromatic carbocycles. The van der Waals surface area contributed by atoms with Crippen molar-refractivity contribution in [3.63, 3.8) is 0 Å². The fourth-order valence-electron chi connectivity index (χ4n) is 3.83. The Morgan fingerprint density at radius 1 is 1.23 bits per heavy atom. The van der Waals surface area contributed by atoms with E-state index >= 15 is 0 Å². The van der Waals surface area contributed by atoms with E-state index in [-0.39, 0.29) is 18.8 Å². The summed E-state index contributed by atoms with van der Waals surface area (Å²) in [5.41, 5.74) is 1.65. The molecule has 7 nitrogen and oxygen atoms in total. The van der Waals surface area contributed by atoms with Crippen molar-refractivity contribution in [3.8, 4) is 17.2 Å². The topological polar surface area (TPSA) is 69.3 Å². The third-order valence-corrected chi connectivity index (χ3v) is 5.78. The van der Waals surface area contributed by atoms with Crippen LogP contribution in [0, 0.1) is 0 Å². The predicted molar refractivity (Wildman–Crippen MR) is 117 cm³/mol. The summed E-state index contributed by atoms with van der Waals surface area (Å²) in [5.74, 6) is 2.11. The number of amides is 1. The molecule has 1 fully saturated rings. The highest BCUT2D eigenvalue weighted by molar-refractivity contribution is 6.32. The SMILES string of the molecule is COCCNC(=O)c1ccc(OC2CCN(Cc3cccc4c3OCO4)CC2)c(Cl)c1. The number of para-hydroxylation sites is 1. The molecule has 0 saturated carbocycles. The lowest BCUT2D eigenvalue weighted by Gasteiger charge is -2.32. The monoisotopic (exact) mass is 446 g/mol. The van der Waals surface area contributed by atoms with Crippen molar-refractivity contribution >= 4 is 17.5 Å². The first-order valence-corrected chi connectivity index (χ1v) is 10.8. The molecule has 166 valence electrons. The van der Waals surface area contributed by atoms with E-state index in [2.05, 4.69) is 16.3 Å². The average Bonchev–Trinajstić information content (AvgIpc) is 3.26. The number of nitrogens with zero attached hydrogens (tertiary/aromatic N) is 1. The van der Waals surface area contributed by atoms with Gasteiger partial charge in [-0.1, -0.05) is 23.7 Å². The van der Waals surface area contributed by atoms with Crippen molar-refractivity contribution in [1.82, 2.24) is 10.2 Å². The van der Waals surface area contributed by atoms with E-state index in [0.29, 0.717) is 29.5 Å². The number of nitrogens with one attached hydrogen (secondary N) is 1. The molecule has 1 N–H and O–H groups in total. The zero-order chi connectivity index (χ0) is 21.6. The van der Waals surface area contributed by atoms with Crippen LogP contribution in [0.25, 0.3) is 0 Å². The summed E-state index contributed by atoms with van der Waals surface area (Å²) >= 11 is 6.38. The Morgan fingerprint density at radius 2 is 2.06 bits per heavy atom. The van der Waals surface area contributed by atoms with E-state index in [1.54, 1.807) is 25.3 Å². The Kier molecular flexibility index (Phi) is 7.17. The molecular weight excluding hydrogens is 420 g/mol. The fourth-order valence-corrected chi connectivity index (χ4v) is 4.05. The van der Waals surface area contributed by atoms with E-state index in [9.17, 15) is 4.79 Å². The van der Waals surface area contributed by atoms with E-state index < -0.39 is 0 Å². The zero-order valence-corrected chi connectivity index (χ0v) is 18.3. The summed E-state index contributed by atoms with van der Waals surface area (Å²) in [7, 11) is 1.59. The van der Waals surface area contributed by atoms with Crippen molar-refractivity contribution < 1.29 is 23.7 Å².